The molecular formula is C19H22N6O2. The van der Waals surface area contributed by atoms with Gasteiger partial charge in [-0.15, -0.1) is 0 Å². The molecule has 27 heavy (non-hydrogen) atoms. The van der Waals surface area contributed by atoms with Crippen LogP contribution in [0.1, 0.15) is 37.5 Å². The monoisotopic (exact) mass is 366 g/mol. The second kappa shape index (κ2) is 7.22. The first kappa shape index (κ1) is 17.3. The Kier molecular flexibility index (Phi) is 4.62. The van der Waals surface area contributed by atoms with Gasteiger partial charge in [0.05, 0.1) is 17.3 Å². The Balaban J connectivity index is 1.52. The van der Waals surface area contributed by atoms with Crippen LogP contribution in [-0.4, -0.2) is 25.7 Å². The summed E-state index contributed by atoms with van der Waals surface area (Å²) in [7, 11) is 1.94. The van der Waals surface area contributed by atoms with Crippen molar-refractivity contribution in [2.75, 3.05) is 5.32 Å². The number of nitrogens with zero attached hydrogens (tertiary/aromatic N) is 4. The molecule has 2 amide bonds. The van der Waals surface area contributed by atoms with E-state index >= 15 is 0 Å². The lowest BCUT2D eigenvalue weighted by Gasteiger charge is -2.19. The zero-order valence-corrected chi connectivity index (χ0v) is 15.3. The lowest BCUT2D eigenvalue weighted by molar-refractivity contribution is 0.246. The molecule has 2 N–H and O–H groups in total. The number of carbonyl (C=O) groups is 1. The third-order valence-electron chi connectivity index (χ3n) is 4.71. The van der Waals surface area contributed by atoms with E-state index in [1.807, 2.05) is 49.0 Å². The number of aryl methyl sites for hydroxylation is 2. The number of amides is 2. The Morgan fingerprint density at radius 1 is 1.37 bits per heavy atom. The van der Waals surface area contributed by atoms with Crippen LogP contribution in [0.5, 0.6) is 0 Å². The van der Waals surface area contributed by atoms with Crippen molar-refractivity contribution < 1.29 is 9.32 Å². The fourth-order valence-electron chi connectivity index (χ4n) is 3.08. The number of rotatable bonds is 6. The van der Waals surface area contributed by atoms with Gasteiger partial charge >= 0.3 is 6.03 Å². The van der Waals surface area contributed by atoms with E-state index in [1.54, 1.807) is 6.20 Å². The predicted molar refractivity (Wildman–Crippen MR) is 99.9 cm³/mol. The molecule has 1 atom stereocenters. The van der Waals surface area contributed by atoms with Crippen molar-refractivity contribution in [3.05, 3.63) is 48.3 Å². The van der Waals surface area contributed by atoms with Gasteiger partial charge in [-0.25, -0.2) is 9.78 Å². The zero-order valence-electron chi connectivity index (χ0n) is 15.3. The zero-order chi connectivity index (χ0) is 18.8. The van der Waals surface area contributed by atoms with E-state index in [0.29, 0.717) is 35.3 Å². The van der Waals surface area contributed by atoms with E-state index in [4.69, 9.17) is 4.52 Å². The first-order valence-electron chi connectivity index (χ1n) is 9.12. The highest BCUT2D eigenvalue weighted by Gasteiger charge is 2.35. The van der Waals surface area contributed by atoms with Gasteiger partial charge in [0.15, 0.2) is 5.82 Å². The van der Waals surface area contributed by atoms with E-state index in [2.05, 4.69) is 25.8 Å². The summed E-state index contributed by atoms with van der Waals surface area (Å²) >= 11 is 0. The predicted octanol–water partition coefficient (Wildman–Crippen LogP) is 3.31. The smallest absolute Gasteiger partial charge is 0.319 e. The molecule has 3 aromatic rings. The number of imidazole rings is 1. The van der Waals surface area contributed by atoms with Gasteiger partial charge in [-0.1, -0.05) is 24.2 Å². The number of urea groups is 1. The van der Waals surface area contributed by atoms with E-state index in [9.17, 15) is 4.79 Å². The molecule has 8 nitrogen and oxygen atoms in total. The van der Waals surface area contributed by atoms with E-state index < -0.39 is 0 Å². The van der Waals surface area contributed by atoms with Crippen LogP contribution in [0.15, 0.2) is 41.2 Å². The Bertz CT molecular complexity index is 943. The molecule has 1 fully saturated rings. The molecule has 0 saturated heterocycles. The van der Waals surface area contributed by atoms with Gasteiger partial charge in [-0.05, 0) is 30.9 Å². The summed E-state index contributed by atoms with van der Waals surface area (Å²) in [5.74, 6) is 2.32. The van der Waals surface area contributed by atoms with Crippen LogP contribution in [0.2, 0.25) is 0 Å². The van der Waals surface area contributed by atoms with Gasteiger partial charge in [-0.2, -0.15) is 4.98 Å². The van der Waals surface area contributed by atoms with Crippen molar-refractivity contribution in [2.45, 2.75) is 32.2 Å². The van der Waals surface area contributed by atoms with Crippen LogP contribution in [0.4, 0.5) is 10.5 Å². The fraction of sp³-hybridized carbons (Fsp3) is 0.368. The Morgan fingerprint density at radius 3 is 2.85 bits per heavy atom. The molecule has 8 heteroatoms. The summed E-state index contributed by atoms with van der Waals surface area (Å²) in [6.07, 6.45) is 6.51. The van der Waals surface area contributed by atoms with Crippen LogP contribution < -0.4 is 10.6 Å². The first-order chi connectivity index (χ1) is 13.2. The molecule has 1 aliphatic rings. The number of benzene rings is 1. The topological polar surface area (TPSA) is 97.9 Å². The van der Waals surface area contributed by atoms with Gasteiger partial charge in [-0.3, -0.25) is 0 Å². The van der Waals surface area contributed by atoms with E-state index in [0.717, 1.165) is 18.7 Å². The minimum Gasteiger partial charge on any atom is -0.336 e. The molecule has 0 bridgehead atoms. The molecule has 0 aliphatic heterocycles. The van der Waals surface area contributed by atoms with Crippen molar-refractivity contribution in [1.29, 1.82) is 0 Å². The number of para-hydroxylation sites is 1. The minimum absolute atomic E-state index is 0.104. The lowest BCUT2D eigenvalue weighted by Crippen LogP contribution is -2.35. The molecule has 0 spiro atoms. The van der Waals surface area contributed by atoms with Crippen LogP contribution in [0.3, 0.4) is 0 Å². The maximum Gasteiger partial charge on any atom is 0.319 e. The van der Waals surface area contributed by atoms with Crippen LogP contribution in [-0.2, 0) is 13.5 Å². The van der Waals surface area contributed by atoms with Crippen LogP contribution in [0.25, 0.3) is 11.5 Å². The van der Waals surface area contributed by atoms with Crippen LogP contribution in [0, 0.1) is 5.92 Å². The highest BCUT2D eigenvalue weighted by molar-refractivity contribution is 5.93. The molecular weight excluding hydrogens is 344 g/mol. The standard InChI is InChI=1S/C19H22N6O2/c1-3-15-22-18(27-24-15)13-6-4-5-7-14(13)21-19(26)23-16(12-8-9-12)17-20-10-11-25(17)2/h4-7,10-12,16H,3,8-9H2,1-2H3,(H2,21,23,26)/t16-/m0/s1. The Labute approximate surface area is 157 Å². The summed E-state index contributed by atoms with van der Waals surface area (Å²) in [5.41, 5.74) is 1.32. The highest BCUT2D eigenvalue weighted by Crippen LogP contribution is 2.40. The number of hydrogen-bond acceptors (Lipinski definition) is 5. The third kappa shape index (κ3) is 3.69. The number of nitrogens with one attached hydrogen (secondary N) is 2. The lowest BCUT2D eigenvalue weighted by atomic mass is 10.1. The van der Waals surface area contributed by atoms with Gasteiger partial charge in [0.2, 0.25) is 0 Å². The van der Waals surface area contributed by atoms with Crippen molar-refractivity contribution in [3.8, 4) is 11.5 Å². The van der Waals surface area contributed by atoms with Crippen LogP contribution >= 0.6 is 0 Å². The molecule has 1 saturated carbocycles. The van der Waals surface area contributed by atoms with Crippen molar-refractivity contribution in [3.63, 3.8) is 0 Å². The number of aromatic nitrogens is 4. The molecule has 0 radical (unpaired) electrons. The normalized spacial score (nSPS) is 14.7. The largest absolute Gasteiger partial charge is 0.336 e. The summed E-state index contributed by atoms with van der Waals surface area (Å²) in [5, 5.41) is 9.91. The quantitative estimate of drug-likeness (QED) is 0.697. The molecule has 0 unspecified atom stereocenters. The maximum atomic E-state index is 12.7. The van der Waals surface area contributed by atoms with Crippen molar-refractivity contribution in [2.24, 2.45) is 13.0 Å². The summed E-state index contributed by atoms with van der Waals surface area (Å²) < 4.78 is 7.27. The number of carbonyl (C=O) groups excluding carboxylic acids is 1. The van der Waals surface area contributed by atoms with E-state index in [1.165, 1.54) is 0 Å². The molecule has 4 rings (SSSR count). The number of anilines is 1. The average Bonchev–Trinajstić information content (AvgIpc) is 3.25. The van der Waals surface area contributed by atoms with Gasteiger partial charge in [0.25, 0.3) is 5.89 Å². The Morgan fingerprint density at radius 2 is 2.19 bits per heavy atom. The highest BCUT2D eigenvalue weighted by atomic mass is 16.5. The van der Waals surface area contributed by atoms with Crippen molar-refractivity contribution >= 4 is 11.7 Å². The van der Waals surface area contributed by atoms with Gasteiger partial charge < -0.3 is 19.7 Å². The molecule has 2 aromatic heterocycles. The number of hydrogen-bond donors (Lipinski definition) is 2. The second-order valence-corrected chi connectivity index (χ2v) is 6.72. The summed E-state index contributed by atoms with van der Waals surface area (Å²) in [6, 6.07) is 7.00. The van der Waals surface area contributed by atoms with Gasteiger partial charge in [0.1, 0.15) is 5.82 Å². The molecule has 2 heterocycles. The molecule has 140 valence electrons. The summed E-state index contributed by atoms with van der Waals surface area (Å²) in [4.78, 5) is 21.4. The minimum atomic E-state index is -0.280. The molecule has 1 aliphatic carbocycles. The fourth-order valence-corrected chi connectivity index (χ4v) is 3.08. The first-order valence-corrected chi connectivity index (χ1v) is 9.12. The Hall–Kier alpha value is -3.16. The second-order valence-electron chi connectivity index (χ2n) is 6.72. The SMILES string of the molecule is CCc1noc(-c2ccccc2NC(=O)N[C@H](c2nccn2C)C2CC2)n1. The summed E-state index contributed by atoms with van der Waals surface area (Å²) in [6.45, 7) is 1.96. The van der Waals surface area contributed by atoms with E-state index in [-0.39, 0.29) is 12.1 Å². The van der Waals surface area contributed by atoms with Gasteiger partial charge in [0, 0.05) is 25.9 Å². The van der Waals surface area contributed by atoms with Crippen molar-refractivity contribution in [1.82, 2.24) is 25.0 Å². The molecule has 1 aromatic carbocycles. The maximum absolute atomic E-state index is 12.7. The third-order valence-corrected chi connectivity index (χ3v) is 4.71. The average molecular weight is 366 g/mol.